The van der Waals surface area contributed by atoms with Crippen molar-refractivity contribution in [1.29, 1.82) is 0 Å². The number of benzene rings is 1. The molecule has 0 atom stereocenters. The van der Waals surface area contributed by atoms with Crippen molar-refractivity contribution in [2.45, 2.75) is 33.1 Å². The number of hydrogen-bond acceptors (Lipinski definition) is 3. The second-order valence-corrected chi connectivity index (χ2v) is 7.60. The van der Waals surface area contributed by atoms with E-state index in [2.05, 4.69) is 92.7 Å². The predicted molar refractivity (Wildman–Crippen MR) is 132 cm³/mol. The Balaban J connectivity index is 2.45. The molecule has 1 aromatic heterocycles. The van der Waals surface area contributed by atoms with Gasteiger partial charge in [0, 0.05) is 49.5 Å². The van der Waals surface area contributed by atoms with Gasteiger partial charge in [0.15, 0.2) is 0 Å². The third-order valence-electron chi connectivity index (χ3n) is 5.28. The molecule has 30 heavy (non-hydrogen) atoms. The van der Waals surface area contributed by atoms with Crippen LogP contribution in [-0.2, 0) is 6.42 Å². The first-order valence-corrected chi connectivity index (χ1v) is 10.7. The van der Waals surface area contributed by atoms with Gasteiger partial charge in [0.2, 0.25) is 0 Å². The summed E-state index contributed by atoms with van der Waals surface area (Å²) in [6.45, 7) is 12.1. The van der Waals surface area contributed by atoms with E-state index in [1.807, 2.05) is 24.7 Å². The van der Waals surface area contributed by atoms with Gasteiger partial charge in [0.25, 0.3) is 0 Å². The van der Waals surface area contributed by atoms with Crippen molar-refractivity contribution >= 4 is 11.3 Å². The second-order valence-electron chi connectivity index (χ2n) is 7.60. The molecule has 0 radical (unpaired) electrons. The fourth-order valence-corrected chi connectivity index (χ4v) is 3.45. The van der Waals surface area contributed by atoms with Crippen molar-refractivity contribution < 1.29 is 0 Å². The lowest BCUT2D eigenvalue weighted by Gasteiger charge is -2.18. The quantitative estimate of drug-likeness (QED) is 0.339. The molecule has 0 spiro atoms. The number of nitrogens with zero attached hydrogens (tertiary/aromatic N) is 2. The first-order valence-electron chi connectivity index (χ1n) is 10.7. The average molecular weight is 402 g/mol. The molecular weight excluding hydrogens is 366 g/mol. The van der Waals surface area contributed by atoms with Crippen molar-refractivity contribution in [2.75, 3.05) is 19.0 Å². The Morgan fingerprint density at radius 3 is 2.50 bits per heavy atom. The van der Waals surface area contributed by atoms with Gasteiger partial charge in [-0.3, -0.25) is 4.98 Å². The molecule has 0 aliphatic heterocycles. The summed E-state index contributed by atoms with van der Waals surface area (Å²) in [4.78, 5) is 6.67. The molecule has 0 aliphatic carbocycles. The zero-order valence-electron chi connectivity index (χ0n) is 18.9. The summed E-state index contributed by atoms with van der Waals surface area (Å²) in [5.41, 5.74) is 6.90. The van der Waals surface area contributed by atoms with E-state index in [0.29, 0.717) is 5.92 Å². The summed E-state index contributed by atoms with van der Waals surface area (Å²) in [6, 6.07) is 8.77. The summed E-state index contributed by atoms with van der Waals surface area (Å²) < 4.78 is 0. The van der Waals surface area contributed by atoms with Crippen molar-refractivity contribution in [1.82, 2.24) is 10.3 Å². The van der Waals surface area contributed by atoms with Crippen LogP contribution in [0.25, 0.3) is 16.7 Å². The van der Waals surface area contributed by atoms with Crippen LogP contribution in [0.5, 0.6) is 0 Å². The fraction of sp³-hybridized carbons (Fsp3) is 0.296. The van der Waals surface area contributed by atoms with Crippen LogP contribution in [0.15, 0.2) is 80.4 Å². The van der Waals surface area contributed by atoms with Crippen LogP contribution in [0.4, 0.5) is 5.69 Å². The molecule has 0 saturated carbocycles. The number of anilines is 1. The van der Waals surface area contributed by atoms with E-state index in [9.17, 15) is 0 Å². The van der Waals surface area contributed by atoms with E-state index in [-0.39, 0.29) is 0 Å². The molecular formula is C27H35N3. The number of aromatic nitrogens is 1. The van der Waals surface area contributed by atoms with Crippen LogP contribution in [0.1, 0.15) is 37.8 Å². The zero-order chi connectivity index (χ0) is 21.9. The molecule has 3 nitrogen and oxygen atoms in total. The van der Waals surface area contributed by atoms with Gasteiger partial charge >= 0.3 is 0 Å². The number of hydrogen-bond donors (Lipinski definition) is 1. The van der Waals surface area contributed by atoms with Gasteiger partial charge in [-0.05, 0) is 66.3 Å². The largest absolute Gasteiger partial charge is 0.377 e. The Labute approximate surface area is 182 Å². The third kappa shape index (κ3) is 6.21. The van der Waals surface area contributed by atoms with Gasteiger partial charge in [0.05, 0.1) is 0 Å². The van der Waals surface area contributed by atoms with Gasteiger partial charge in [0.1, 0.15) is 0 Å². The van der Waals surface area contributed by atoms with Crippen LogP contribution in [0.2, 0.25) is 0 Å². The van der Waals surface area contributed by atoms with Gasteiger partial charge in [-0.1, -0.05) is 44.7 Å². The Morgan fingerprint density at radius 1 is 1.10 bits per heavy atom. The summed E-state index contributed by atoms with van der Waals surface area (Å²) in [5.74, 6) is 0.577. The topological polar surface area (TPSA) is 28.2 Å². The van der Waals surface area contributed by atoms with E-state index in [0.717, 1.165) is 41.5 Å². The monoisotopic (exact) mass is 401 g/mol. The molecule has 0 amide bonds. The van der Waals surface area contributed by atoms with Crippen molar-refractivity contribution in [3.63, 3.8) is 0 Å². The van der Waals surface area contributed by atoms with Crippen molar-refractivity contribution in [2.24, 2.45) is 5.92 Å². The molecule has 158 valence electrons. The van der Waals surface area contributed by atoms with E-state index in [1.54, 1.807) is 6.20 Å². The first-order chi connectivity index (χ1) is 14.5. The SMILES string of the molecule is C=CCc1cc(-c2cncc(C(/C=C\C(CC)CC)=C/NC=C)c2)ccc1N(C)C. The lowest BCUT2D eigenvalue weighted by molar-refractivity contribution is 0.606. The van der Waals surface area contributed by atoms with Crippen molar-refractivity contribution in [3.8, 4) is 11.1 Å². The van der Waals surface area contributed by atoms with Gasteiger partial charge < -0.3 is 10.2 Å². The molecule has 3 heteroatoms. The van der Waals surface area contributed by atoms with E-state index >= 15 is 0 Å². The highest BCUT2D eigenvalue weighted by molar-refractivity contribution is 5.77. The molecule has 0 unspecified atom stereocenters. The molecule has 2 aromatic rings. The maximum Gasteiger partial charge on any atom is 0.0397 e. The molecule has 0 saturated heterocycles. The maximum atomic E-state index is 4.53. The summed E-state index contributed by atoms with van der Waals surface area (Å²) >= 11 is 0. The maximum absolute atomic E-state index is 4.53. The number of allylic oxidation sites excluding steroid dienone is 4. The molecule has 1 aromatic carbocycles. The lowest BCUT2D eigenvalue weighted by Crippen LogP contribution is -2.11. The Morgan fingerprint density at radius 2 is 1.87 bits per heavy atom. The van der Waals surface area contributed by atoms with Crippen molar-refractivity contribution in [3.05, 3.63) is 91.6 Å². The molecule has 0 bridgehead atoms. The molecule has 2 rings (SSSR count). The smallest absolute Gasteiger partial charge is 0.0397 e. The van der Waals surface area contributed by atoms with Gasteiger partial charge in [-0.25, -0.2) is 0 Å². The predicted octanol–water partition coefficient (Wildman–Crippen LogP) is 6.61. The zero-order valence-corrected chi connectivity index (χ0v) is 18.9. The highest BCUT2D eigenvalue weighted by atomic mass is 15.1. The van der Waals surface area contributed by atoms with Crippen LogP contribution < -0.4 is 10.2 Å². The van der Waals surface area contributed by atoms with Gasteiger partial charge in [-0.2, -0.15) is 0 Å². The van der Waals surface area contributed by atoms with Gasteiger partial charge in [-0.15, -0.1) is 6.58 Å². The van der Waals surface area contributed by atoms with Crippen LogP contribution >= 0.6 is 0 Å². The molecule has 0 aliphatic rings. The Kier molecular flexibility index (Phi) is 9.14. The van der Waals surface area contributed by atoms with E-state index in [1.165, 1.54) is 11.3 Å². The minimum atomic E-state index is 0.577. The third-order valence-corrected chi connectivity index (χ3v) is 5.28. The minimum Gasteiger partial charge on any atom is -0.377 e. The lowest BCUT2D eigenvalue weighted by atomic mass is 9.97. The highest BCUT2D eigenvalue weighted by Crippen LogP contribution is 2.29. The summed E-state index contributed by atoms with van der Waals surface area (Å²) in [6.07, 6.45) is 17.0. The summed E-state index contributed by atoms with van der Waals surface area (Å²) in [5, 5.41) is 3.12. The number of pyridine rings is 1. The fourth-order valence-electron chi connectivity index (χ4n) is 3.45. The normalized spacial score (nSPS) is 11.7. The Bertz CT molecular complexity index is 902. The average Bonchev–Trinajstić information content (AvgIpc) is 2.76. The van der Waals surface area contributed by atoms with E-state index < -0.39 is 0 Å². The van der Waals surface area contributed by atoms with Crippen LogP contribution in [-0.4, -0.2) is 19.1 Å². The van der Waals surface area contributed by atoms with Crippen LogP contribution in [0, 0.1) is 5.92 Å². The van der Waals surface area contributed by atoms with Crippen LogP contribution in [0.3, 0.4) is 0 Å². The molecule has 0 fully saturated rings. The Hall–Kier alpha value is -3.07. The molecule has 1 N–H and O–H groups in total. The first kappa shape index (κ1) is 23.2. The standard InChI is InChI=1S/C27H35N3/c1-7-11-23-16-22(14-15-27(23)30(5)6)25-17-26(20-29-19-25)24(18-28-10-4)13-12-21(8-2)9-3/h7,10,12-21,28H,1,4,8-9,11H2,2-3,5-6H3/b13-12-,24-18+. The van der Waals surface area contributed by atoms with E-state index in [4.69, 9.17) is 0 Å². The number of nitrogens with one attached hydrogen (secondary N) is 1. The second kappa shape index (κ2) is 11.8. The molecule has 1 heterocycles. The number of rotatable bonds is 11. The summed E-state index contributed by atoms with van der Waals surface area (Å²) in [7, 11) is 4.14. The highest BCUT2D eigenvalue weighted by Gasteiger charge is 2.09. The minimum absolute atomic E-state index is 0.577.